The van der Waals surface area contributed by atoms with E-state index in [9.17, 15) is 14.9 Å². The molecule has 1 aromatic carbocycles. The standard InChI is InChI=1S/C12H14N4O3S/c13-11(17)12(20)15-7-5-14(6-8-15)9-1-3-10(4-2-9)16(18)19/h1-4H,5-8H2,(H2,13,17). The third-order valence-electron chi connectivity index (χ3n) is 3.20. The van der Waals surface area contributed by atoms with Crippen molar-refractivity contribution < 1.29 is 9.72 Å². The molecule has 20 heavy (non-hydrogen) atoms. The van der Waals surface area contributed by atoms with Crippen molar-refractivity contribution in [1.29, 1.82) is 0 Å². The SMILES string of the molecule is NC(=O)C(=S)N1CCN(c2ccc([N+](=O)[O-])cc2)CC1. The summed E-state index contributed by atoms with van der Waals surface area (Å²) in [5, 5.41) is 10.6. The molecule has 1 fully saturated rings. The Morgan fingerprint density at radius 1 is 1.20 bits per heavy atom. The number of rotatable bonds is 2. The highest BCUT2D eigenvalue weighted by Gasteiger charge is 2.21. The van der Waals surface area contributed by atoms with Gasteiger partial charge >= 0.3 is 0 Å². The number of benzene rings is 1. The predicted octanol–water partition coefficient (Wildman–Crippen LogP) is 0.529. The van der Waals surface area contributed by atoms with Gasteiger partial charge in [0.1, 0.15) is 0 Å². The Labute approximate surface area is 121 Å². The summed E-state index contributed by atoms with van der Waals surface area (Å²) in [6.45, 7) is 2.59. The molecule has 0 bridgehead atoms. The Balaban J connectivity index is 1.98. The van der Waals surface area contributed by atoms with Crippen LogP contribution in [0.4, 0.5) is 11.4 Å². The molecule has 0 unspecified atom stereocenters. The van der Waals surface area contributed by atoms with Gasteiger partial charge in [-0.05, 0) is 12.1 Å². The van der Waals surface area contributed by atoms with Crippen LogP contribution in [0, 0.1) is 10.1 Å². The summed E-state index contributed by atoms with van der Waals surface area (Å²) >= 11 is 4.96. The molecule has 1 aromatic rings. The Kier molecular flexibility index (Phi) is 4.14. The first-order chi connectivity index (χ1) is 9.49. The van der Waals surface area contributed by atoms with Crippen LogP contribution in [0.5, 0.6) is 0 Å². The van der Waals surface area contributed by atoms with Gasteiger partial charge in [-0.25, -0.2) is 0 Å². The summed E-state index contributed by atoms with van der Waals surface area (Å²) in [4.78, 5) is 25.2. The van der Waals surface area contributed by atoms with E-state index in [-0.39, 0.29) is 10.7 Å². The van der Waals surface area contributed by atoms with Crippen molar-refractivity contribution in [2.24, 2.45) is 5.73 Å². The number of hydrogen-bond acceptors (Lipinski definition) is 5. The Hall–Kier alpha value is -2.22. The summed E-state index contributed by atoms with van der Waals surface area (Å²) in [5.74, 6) is -0.580. The Morgan fingerprint density at radius 3 is 2.20 bits per heavy atom. The number of thiocarbonyl (C=S) groups is 1. The second-order valence-corrected chi connectivity index (χ2v) is 4.80. The summed E-state index contributed by atoms with van der Waals surface area (Å²) in [6, 6.07) is 6.41. The molecule has 0 atom stereocenters. The molecule has 2 N–H and O–H groups in total. The van der Waals surface area contributed by atoms with E-state index in [2.05, 4.69) is 4.90 Å². The van der Waals surface area contributed by atoms with Crippen molar-refractivity contribution >= 4 is 34.5 Å². The minimum Gasteiger partial charge on any atom is -0.368 e. The first-order valence-corrected chi connectivity index (χ1v) is 6.48. The van der Waals surface area contributed by atoms with E-state index in [4.69, 9.17) is 18.0 Å². The number of nitro groups is 1. The molecule has 1 saturated heterocycles. The number of hydrogen-bond donors (Lipinski definition) is 1. The molecular weight excluding hydrogens is 280 g/mol. The maximum Gasteiger partial charge on any atom is 0.276 e. The topological polar surface area (TPSA) is 92.7 Å². The molecule has 0 aliphatic carbocycles. The molecule has 7 nitrogen and oxygen atoms in total. The van der Waals surface area contributed by atoms with Crippen LogP contribution in [-0.2, 0) is 4.79 Å². The van der Waals surface area contributed by atoms with Crippen LogP contribution >= 0.6 is 12.2 Å². The van der Waals surface area contributed by atoms with Crippen molar-refractivity contribution in [1.82, 2.24) is 4.90 Å². The predicted molar refractivity (Wildman–Crippen MR) is 78.7 cm³/mol. The number of anilines is 1. The number of primary amides is 1. The number of nitrogens with zero attached hydrogens (tertiary/aromatic N) is 3. The first kappa shape index (κ1) is 14.2. The number of piperazine rings is 1. The lowest BCUT2D eigenvalue weighted by molar-refractivity contribution is -0.384. The molecule has 0 aromatic heterocycles. The lowest BCUT2D eigenvalue weighted by atomic mass is 10.2. The highest BCUT2D eigenvalue weighted by atomic mass is 32.1. The van der Waals surface area contributed by atoms with Crippen LogP contribution in [0.1, 0.15) is 0 Å². The molecule has 1 aliphatic rings. The minimum atomic E-state index is -0.580. The molecule has 2 rings (SSSR count). The Morgan fingerprint density at radius 2 is 1.75 bits per heavy atom. The summed E-state index contributed by atoms with van der Waals surface area (Å²) < 4.78 is 0. The van der Waals surface area contributed by atoms with Crippen LogP contribution < -0.4 is 10.6 Å². The molecular formula is C12H14N4O3S. The highest BCUT2D eigenvalue weighted by molar-refractivity contribution is 7.81. The smallest absolute Gasteiger partial charge is 0.276 e. The molecule has 8 heteroatoms. The van der Waals surface area contributed by atoms with E-state index in [0.29, 0.717) is 26.2 Å². The zero-order valence-corrected chi connectivity index (χ0v) is 11.5. The van der Waals surface area contributed by atoms with Crippen LogP contribution in [-0.4, -0.2) is 46.9 Å². The number of nitro benzene ring substituents is 1. The number of amides is 1. The summed E-state index contributed by atoms with van der Waals surface area (Å²) in [6.07, 6.45) is 0. The van der Waals surface area contributed by atoms with Gasteiger partial charge in [0.25, 0.3) is 11.6 Å². The summed E-state index contributed by atoms with van der Waals surface area (Å²) in [7, 11) is 0. The van der Waals surface area contributed by atoms with Crippen LogP contribution in [0.25, 0.3) is 0 Å². The first-order valence-electron chi connectivity index (χ1n) is 6.07. The maximum absolute atomic E-state index is 11.0. The van der Waals surface area contributed by atoms with Crippen LogP contribution in [0.15, 0.2) is 24.3 Å². The van der Waals surface area contributed by atoms with E-state index < -0.39 is 10.8 Å². The molecule has 1 aliphatic heterocycles. The van der Waals surface area contributed by atoms with Gasteiger partial charge < -0.3 is 15.5 Å². The molecule has 0 spiro atoms. The molecule has 1 amide bonds. The average Bonchev–Trinajstić information content (AvgIpc) is 2.46. The van der Waals surface area contributed by atoms with Gasteiger partial charge in [0.05, 0.1) is 4.92 Å². The van der Waals surface area contributed by atoms with E-state index in [0.717, 1.165) is 5.69 Å². The molecule has 106 valence electrons. The van der Waals surface area contributed by atoms with Crippen molar-refractivity contribution in [3.8, 4) is 0 Å². The van der Waals surface area contributed by atoms with Gasteiger partial charge in [-0.2, -0.15) is 0 Å². The second-order valence-electron chi connectivity index (χ2n) is 4.42. The third-order valence-corrected chi connectivity index (χ3v) is 3.66. The minimum absolute atomic E-state index is 0.0716. The second kappa shape index (κ2) is 5.83. The average molecular weight is 294 g/mol. The number of carbonyl (C=O) groups is 1. The van der Waals surface area contributed by atoms with Gasteiger partial charge in [-0.1, -0.05) is 12.2 Å². The van der Waals surface area contributed by atoms with E-state index >= 15 is 0 Å². The van der Waals surface area contributed by atoms with Gasteiger partial charge in [-0.15, -0.1) is 0 Å². The van der Waals surface area contributed by atoms with Crippen molar-refractivity contribution in [2.45, 2.75) is 0 Å². The van der Waals surface area contributed by atoms with Crippen LogP contribution in [0.3, 0.4) is 0 Å². The molecule has 0 radical (unpaired) electrons. The maximum atomic E-state index is 11.0. The lowest BCUT2D eigenvalue weighted by Gasteiger charge is -2.36. The van der Waals surface area contributed by atoms with E-state index in [1.807, 2.05) is 0 Å². The third kappa shape index (κ3) is 3.02. The van der Waals surface area contributed by atoms with Crippen LogP contribution in [0.2, 0.25) is 0 Å². The number of non-ortho nitro benzene ring substituents is 1. The fourth-order valence-electron chi connectivity index (χ4n) is 2.11. The van der Waals surface area contributed by atoms with Gasteiger partial charge in [0.2, 0.25) is 0 Å². The molecule has 0 saturated carbocycles. The van der Waals surface area contributed by atoms with Gasteiger partial charge in [0, 0.05) is 44.0 Å². The number of carbonyl (C=O) groups excluding carboxylic acids is 1. The number of nitrogens with two attached hydrogens (primary N) is 1. The highest BCUT2D eigenvalue weighted by Crippen LogP contribution is 2.20. The fraction of sp³-hybridized carbons (Fsp3) is 0.333. The zero-order chi connectivity index (χ0) is 14.7. The van der Waals surface area contributed by atoms with Crippen molar-refractivity contribution in [2.75, 3.05) is 31.1 Å². The van der Waals surface area contributed by atoms with E-state index in [1.54, 1.807) is 17.0 Å². The van der Waals surface area contributed by atoms with E-state index in [1.165, 1.54) is 12.1 Å². The monoisotopic (exact) mass is 294 g/mol. The van der Waals surface area contributed by atoms with Gasteiger partial charge in [0.15, 0.2) is 4.99 Å². The van der Waals surface area contributed by atoms with Crippen molar-refractivity contribution in [3.05, 3.63) is 34.4 Å². The largest absolute Gasteiger partial charge is 0.368 e. The lowest BCUT2D eigenvalue weighted by Crippen LogP contribution is -2.51. The van der Waals surface area contributed by atoms with Gasteiger partial charge in [-0.3, -0.25) is 14.9 Å². The van der Waals surface area contributed by atoms with Crippen molar-refractivity contribution in [3.63, 3.8) is 0 Å². The Bertz CT molecular complexity index is 538. The quantitative estimate of drug-likeness (QED) is 0.486. The molecule has 1 heterocycles. The normalized spacial score (nSPS) is 15.0. The fourth-order valence-corrected chi connectivity index (χ4v) is 2.29. The summed E-state index contributed by atoms with van der Waals surface area (Å²) in [5.41, 5.74) is 6.15. The zero-order valence-electron chi connectivity index (χ0n) is 10.7.